The Morgan fingerprint density at radius 3 is 2.59 bits per heavy atom. The van der Waals surface area contributed by atoms with Gasteiger partial charge in [0.05, 0.1) is 18.2 Å². The van der Waals surface area contributed by atoms with Crippen molar-refractivity contribution in [1.29, 1.82) is 0 Å². The van der Waals surface area contributed by atoms with Crippen molar-refractivity contribution in [3.8, 4) is 5.75 Å². The van der Waals surface area contributed by atoms with Gasteiger partial charge in [0, 0.05) is 9.90 Å². The molecule has 0 aliphatic heterocycles. The lowest BCUT2D eigenvalue weighted by molar-refractivity contribution is 0.100. The molecule has 2 rings (SSSR count). The van der Waals surface area contributed by atoms with Gasteiger partial charge in [0.2, 0.25) is 0 Å². The van der Waals surface area contributed by atoms with E-state index in [1.165, 1.54) is 24.5 Å². The number of thiophene rings is 1. The summed E-state index contributed by atoms with van der Waals surface area (Å²) in [5, 5.41) is 3.55. The van der Waals surface area contributed by atoms with E-state index in [1.807, 2.05) is 6.92 Å². The topological polar surface area (TPSA) is 81.4 Å². The summed E-state index contributed by atoms with van der Waals surface area (Å²) < 4.78 is 5.16. The summed E-state index contributed by atoms with van der Waals surface area (Å²) >= 11 is 7.23. The number of hydrogen-bond acceptors (Lipinski definition) is 4. The monoisotopic (exact) mass is 338 g/mol. The van der Waals surface area contributed by atoms with Gasteiger partial charge in [-0.1, -0.05) is 11.6 Å². The van der Waals surface area contributed by atoms with E-state index in [-0.39, 0.29) is 5.56 Å². The molecule has 0 saturated heterocycles. The van der Waals surface area contributed by atoms with Crippen LogP contribution in [0.4, 0.5) is 5.00 Å². The number of carbonyl (C=O) groups is 2. The van der Waals surface area contributed by atoms with Gasteiger partial charge in [0.25, 0.3) is 11.8 Å². The summed E-state index contributed by atoms with van der Waals surface area (Å²) in [5.74, 6) is -0.592. The molecule has 3 N–H and O–H groups in total. The Hall–Kier alpha value is -2.05. The average molecular weight is 339 g/mol. The highest BCUT2D eigenvalue weighted by molar-refractivity contribution is 7.16. The van der Waals surface area contributed by atoms with Crippen LogP contribution in [0.25, 0.3) is 0 Å². The molecular formula is C15H15ClN2O3S. The molecule has 1 aromatic carbocycles. The number of benzene rings is 1. The van der Waals surface area contributed by atoms with Gasteiger partial charge in [0.15, 0.2) is 0 Å². The fraction of sp³-hybridized carbons (Fsp3) is 0.200. The lowest BCUT2D eigenvalue weighted by Crippen LogP contribution is -2.18. The molecule has 0 fully saturated rings. The number of nitrogens with one attached hydrogen (secondary N) is 1. The van der Waals surface area contributed by atoms with Gasteiger partial charge in [-0.2, -0.15) is 0 Å². The third-order valence-corrected chi connectivity index (χ3v) is 4.62. The molecule has 2 aromatic rings. The minimum Gasteiger partial charge on any atom is -0.496 e. The fourth-order valence-electron chi connectivity index (χ4n) is 2.04. The number of rotatable bonds is 4. The summed E-state index contributed by atoms with van der Waals surface area (Å²) in [7, 11) is 1.47. The lowest BCUT2D eigenvalue weighted by Gasteiger charge is -2.09. The SMILES string of the molecule is COc1ccc(Cl)cc1C(=O)Nc1sc(C)c(C)c1C(N)=O. The first-order valence-corrected chi connectivity index (χ1v) is 7.59. The van der Waals surface area contributed by atoms with Crippen LogP contribution in [0.2, 0.25) is 5.02 Å². The van der Waals surface area contributed by atoms with Crippen LogP contribution < -0.4 is 15.8 Å². The van der Waals surface area contributed by atoms with Crippen molar-refractivity contribution in [2.45, 2.75) is 13.8 Å². The number of hydrogen-bond donors (Lipinski definition) is 2. The molecule has 5 nitrogen and oxygen atoms in total. The van der Waals surface area contributed by atoms with Crippen molar-refractivity contribution in [3.63, 3.8) is 0 Å². The Bertz CT molecular complexity index is 755. The molecule has 0 aliphatic carbocycles. The molecular weight excluding hydrogens is 324 g/mol. The predicted molar refractivity (Wildman–Crippen MR) is 88.3 cm³/mol. The van der Waals surface area contributed by atoms with Gasteiger partial charge in [0.1, 0.15) is 10.8 Å². The Labute approximate surface area is 137 Å². The fourth-order valence-corrected chi connectivity index (χ4v) is 3.27. The molecule has 0 saturated carbocycles. The molecule has 0 bridgehead atoms. The zero-order chi connectivity index (χ0) is 16.4. The van der Waals surface area contributed by atoms with Crippen molar-refractivity contribution < 1.29 is 14.3 Å². The third kappa shape index (κ3) is 3.08. The first-order valence-electron chi connectivity index (χ1n) is 6.39. The summed E-state index contributed by atoms with van der Waals surface area (Å²) in [4.78, 5) is 24.9. The summed E-state index contributed by atoms with van der Waals surface area (Å²) in [6.45, 7) is 3.66. The third-order valence-electron chi connectivity index (χ3n) is 3.26. The number of ether oxygens (including phenoxy) is 1. The van der Waals surface area contributed by atoms with Gasteiger partial charge < -0.3 is 15.8 Å². The maximum Gasteiger partial charge on any atom is 0.260 e. The quantitative estimate of drug-likeness (QED) is 0.896. The smallest absolute Gasteiger partial charge is 0.260 e. The number of primary amides is 1. The number of aryl methyl sites for hydroxylation is 1. The lowest BCUT2D eigenvalue weighted by atomic mass is 10.1. The average Bonchev–Trinajstić information content (AvgIpc) is 2.73. The van der Waals surface area contributed by atoms with E-state index in [4.69, 9.17) is 22.1 Å². The van der Waals surface area contributed by atoms with E-state index in [9.17, 15) is 9.59 Å². The van der Waals surface area contributed by atoms with Crippen LogP contribution in [0, 0.1) is 13.8 Å². The number of anilines is 1. The van der Waals surface area contributed by atoms with Crippen LogP contribution in [-0.2, 0) is 0 Å². The Morgan fingerprint density at radius 1 is 1.32 bits per heavy atom. The molecule has 0 aliphatic rings. The number of amides is 2. The molecule has 2 amide bonds. The molecule has 0 unspecified atom stereocenters. The Balaban J connectivity index is 2.40. The van der Waals surface area contributed by atoms with Crippen LogP contribution >= 0.6 is 22.9 Å². The van der Waals surface area contributed by atoms with E-state index in [1.54, 1.807) is 19.1 Å². The van der Waals surface area contributed by atoms with E-state index < -0.39 is 11.8 Å². The van der Waals surface area contributed by atoms with Crippen molar-refractivity contribution in [2.75, 3.05) is 12.4 Å². The predicted octanol–water partition coefficient (Wildman–Crippen LogP) is 3.38. The Kier molecular flexibility index (Phi) is 4.73. The number of methoxy groups -OCH3 is 1. The molecule has 0 spiro atoms. The molecule has 7 heteroatoms. The van der Waals surface area contributed by atoms with Gasteiger partial charge in [-0.25, -0.2) is 0 Å². The normalized spacial score (nSPS) is 10.4. The van der Waals surface area contributed by atoms with Crippen LogP contribution in [0.5, 0.6) is 5.75 Å². The summed E-state index contributed by atoms with van der Waals surface area (Å²) in [6.07, 6.45) is 0. The molecule has 0 radical (unpaired) electrons. The highest BCUT2D eigenvalue weighted by atomic mass is 35.5. The maximum atomic E-state index is 12.4. The van der Waals surface area contributed by atoms with E-state index in [2.05, 4.69) is 5.32 Å². The number of halogens is 1. The number of carbonyl (C=O) groups excluding carboxylic acids is 2. The molecule has 116 valence electrons. The first kappa shape index (κ1) is 16.3. The van der Waals surface area contributed by atoms with Crippen LogP contribution in [0.1, 0.15) is 31.2 Å². The standard InChI is InChI=1S/C15H15ClN2O3S/c1-7-8(2)22-15(12(7)13(17)19)18-14(20)10-6-9(16)4-5-11(10)21-3/h4-6H,1-3H3,(H2,17,19)(H,18,20). The van der Waals surface area contributed by atoms with Crippen molar-refractivity contribution in [3.05, 3.63) is 44.8 Å². The van der Waals surface area contributed by atoms with E-state index in [0.29, 0.717) is 21.3 Å². The van der Waals surface area contributed by atoms with Crippen LogP contribution in [-0.4, -0.2) is 18.9 Å². The number of nitrogens with two attached hydrogens (primary N) is 1. The van der Waals surface area contributed by atoms with Crippen LogP contribution in [0.15, 0.2) is 18.2 Å². The van der Waals surface area contributed by atoms with Gasteiger partial charge in [-0.05, 0) is 37.6 Å². The van der Waals surface area contributed by atoms with Crippen molar-refractivity contribution in [2.24, 2.45) is 5.73 Å². The highest BCUT2D eigenvalue weighted by Crippen LogP contribution is 2.33. The second-order valence-electron chi connectivity index (χ2n) is 4.65. The highest BCUT2D eigenvalue weighted by Gasteiger charge is 2.21. The summed E-state index contributed by atoms with van der Waals surface area (Å²) in [5.41, 5.74) is 6.78. The second-order valence-corrected chi connectivity index (χ2v) is 6.31. The summed E-state index contributed by atoms with van der Waals surface area (Å²) in [6, 6.07) is 4.75. The van der Waals surface area contributed by atoms with Crippen molar-refractivity contribution in [1.82, 2.24) is 0 Å². The Morgan fingerprint density at radius 2 is 2.00 bits per heavy atom. The maximum absolute atomic E-state index is 12.4. The minimum absolute atomic E-state index is 0.286. The van der Waals surface area contributed by atoms with Gasteiger partial charge >= 0.3 is 0 Å². The zero-order valence-corrected chi connectivity index (χ0v) is 13.9. The second kappa shape index (κ2) is 6.37. The molecule has 1 heterocycles. The van der Waals surface area contributed by atoms with E-state index in [0.717, 1.165) is 10.4 Å². The van der Waals surface area contributed by atoms with Crippen LogP contribution in [0.3, 0.4) is 0 Å². The zero-order valence-electron chi connectivity index (χ0n) is 12.3. The first-order chi connectivity index (χ1) is 10.3. The molecule has 1 aromatic heterocycles. The minimum atomic E-state index is -0.574. The van der Waals surface area contributed by atoms with Crippen molar-refractivity contribution >= 4 is 39.8 Å². The molecule has 0 atom stereocenters. The van der Waals surface area contributed by atoms with Gasteiger partial charge in [-0.15, -0.1) is 11.3 Å². The molecule has 22 heavy (non-hydrogen) atoms. The van der Waals surface area contributed by atoms with Gasteiger partial charge in [-0.3, -0.25) is 9.59 Å². The van der Waals surface area contributed by atoms with E-state index >= 15 is 0 Å². The largest absolute Gasteiger partial charge is 0.496 e.